The number of rotatable bonds is 0. The van der Waals surface area contributed by atoms with E-state index in [1.807, 2.05) is 0 Å². The quantitative estimate of drug-likeness (QED) is 0.460. The first-order valence-electron chi connectivity index (χ1n) is 4.00. The lowest BCUT2D eigenvalue weighted by molar-refractivity contribution is -0.125. The van der Waals surface area contributed by atoms with Gasteiger partial charge in [0, 0.05) is 13.1 Å². The minimum Gasteiger partial charge on any atom is -0.342 e. The molecule has 2 aliphatic heterocycles. The summed E-state index contributed by atoms with van der Waals surface area (Å²) in [7, 11) is 0. The maximum Gasteiger partial charge on any atom is 0.241 e. The van der Waals surface area contributed by atoms with Gasteiger partial charge in [-0.3, -0.25) is 10.1 Å². The van der Waals surface area contributed by atoms with Crippen molar-refractivity contribution in [1.82, 2.24) is 16.0 Å². The van der Waals surface area contributed by atoms with E-state index in [0.717, 1.165) is 25.9 Å². The number of hydrogen-bond donors (Lipinski definition) is 2. The highest BCUT2D eigenvalue weighted by molar-refractivity contribution is 5.88. The molecule has 2 N–H and O–H groups in total. The highest BCUT2D eigenvalue weighted by Crippen LogP contribution is 2.21. The average Bonchev–Trinajstić information content (AvgIpc) is 2.36. The third-order valence-electron chi connectivity index (χ3n) is 2.50. The van der Waals surface area contributed by atoms with Crippen LogP contribution in [0, 0.1) is 0 Å². The predicted molar refractivity (Wildman–Crippen MR) is 40.0 cm³/mol. The van der Waals surface area contributed by atoms with Crippen molar-refractivity contribution in [1.29, 1.82) is 0 Å². The summed E-state index contributed by atoms with van der Waals surface area (Å²) in [6.45, 7) is 2.26. The molecular formula is C7H12N3O. The smallest absolute Gasteiger partial charge is 0.241 e. The van der Waals surface area contributed by atoms with E-state index in [2.05, 4.69) is 16.0 Å². The molecule has 61 valence electrons. The van der Waals surface area contributed by atoms with Gasteiger partial charge in [-0.25, -0.2) is 5.32 Å². The van der Waals surface area contributed by atoms with Crippen molar-refractivity contribution >= 4 is 5.91 Å². The van der Waals surface area contributed by atoms with E-state index in [1.54, 1.807) is 0 Å². The molecule has 2 fully saturated rings. The molecule has 1 radical (unpaired) electrons. The summed E-state index contributed by atoms with van der Waals surface area (Å²) in [4.78, 5) is 11.3. The summed E-state index contributed by atoms with van der Waals surface area (Å²) in [5.41, 5.74) is -0.262. The Labute approximate surface area is 65.7 Å². The first-order valence-corrected chi connectivity index (χ1v) is 4.00. The van der Waals surface area contributed by atoms with Crippen molar-refractivity contribution in [2.45, 2.75) is 18.4 Å². The van der Waals surface area contributed by atoms with Gasteiger partial charge in [0.1, 0.15) is 5.54 Å². The highest BCUT2D eigenvalue weighted by atomic mass is 16.2. The van der Waals surface area contributed by atoms with Crippen LogP contribution in [0.1, 0.15) is 12.8 Å². The van der Waals surface area contributed by atoms with Crippen molar-refractivity contribution < 1.29 is 4.79 Å². The molecule has 2 rings (SSSR count). The van der Waals surface area contributed by atoms with E-state index < -0.39 is 0 Å². The second-order valence-electron chi connectivity index (χ2n) is 3.11. The zero-order valence-corrected chi connectivity index (χ0v) is 6.39. The fourth-order valence-electron chi connectivity index (χ4n) is 1.72. The Morgan fingerprint density at radius 1 is 1.36 bits per heavy atom. The Balaban J connectivity index is 2.12. The minimum absolute atomic E-state index is 0.160. The van der Waals surface area contributed by atoms with E-state index in [0.29, 0.717) is 6.67 Å². The second kappa shape index (κ2) is 2.46. The molecule has 1 amide bonds. The monoisotopic (exact) mass is 154 g/mol. The third-order valence-corrected chi connectivity index (χ3v) is 2.50. The third kappa shape index (κ3) is 1.02. The number of piperidine rings is 1. The topological polar surface area (TPSA) is 55.2 Å². The molecule has 4 heteroatoms. The van der Waals surface area contributed by atoms with Crippen LogP contribution in [0.15, 0.2) is 0 Å². The molecule has 0 atom stereocenters. The summed E-state index contributed by atoms with van der Waals surface area (Å²) >= 11 is 0. The van der Waals surface area contributed by atoms with Gasteiger partial charge >= 0.3 is 0 Å². The second-order valence-corrected chi connectivity index (χ2v) is 3.11. The number of carbonyl (C=O) groups is 1. The predicted octanol–water partition coefficient (Wildman–Crippen LogP) is -1.20. The van der Waals surface area contributed by atoms with E-state index in [9.17, 15) is 4.79 Å². The Morgan fingerprint density at radius 3 is 2.64 bits per heavy atom. The molecule has 11 heavy (non-hydrogen) atoms. The average molecular weight is 154 g/mol. The van der Waals surface area contributed by atoms with E-state index in [1.165, 1.54) is 0 Å². The summed E-state index contributed by atoms with van der Waals surface area (Å²) in [6.07, 6.45) is 1.72. The number of nitrogens with one attached hydrogen (secondary N) is 2. The van der Waals surface area contributed by atoms with Crippen molar-refractivity contribution in [3.8, 4) is 0 Å². The number of hydrogen-bond acceptors (Lipinski definition) is 2. The van der Waals surface area contributed by atoms with Crippen molar-refractivity contribution in [3.05, 3.63) is 0 Å². The van der Waals surface area contributed by atoms with Gasteiger partial charge in [0.15, 0.2) is 0 Å². The molecule has 0 bridgehead atoms. The van der Waals surface area contributed by atoms with Crippen LogP contribution in [0.4, 0.5) is 0 Å². The molecule has 0 aromatic heterocycles. The zero-order chi connectivity index (χ0) is 7.73. The van der Waals surface area contributed by atoms with Gasteiger partial charge in [0.25, 0.3) is 0 Å². The highest BCUT2D eigenvalue weighted by Gasteiger charge is 2.42. The maximum atomic E-state index is 11.3. The van der Waals surface area contributed by atoms with Crippen LogP contribution in [0.2, 0.25) is 0 Å². The van der Waals surface area contributed by atoms with Gasteiger partial charge in [-0.05, 0) is 12.8 Å². The Kier molecular flexibility index (Phi) is 1.58. The van der Waals surface area contributed by atoms with E-state index >= 15 is 0 Å². The summed E-state index contributed by atoms with van der Waals surface area (Å²) in [6, 6.07) is 0. The molecule has 2 aliphatic rings. The van der Waals surface area contributed by atoms with Crippen LogP contribution >= 0.6 is 0 Å². The van der Waals surface area contributed by atoms with E-state index in [4.69, 9.17) is 0 Å². The van der Waals surface area contributed by atoms with Gasteiger partial charge in [0.05, 0.1) is 6.67 Å². The molecule has 2 saturated heterocycles. The van der Waals surface area contributed by atoms with E-state index in [-0.39, 0.29) is 11.4 Å². The van der Waals surface area contributed by atoms with Crippen LogP contribution in [-0.4, -0.2) is 31.2 Å². The van der Waals surface area contributed by atoms with Gasteiger partial charge < -0.3 is 5.32 Å². The molecule has 4 nitrogen and oxygen atoms in total. The molecule has 1 spiro atoms. The van der Waals surface area contributed by atoms with Crippen LogP contribution in [0.25, 0.3) is 0 Å². The first kappa shape index (κ1) is 7.06. The largest absolute Gasteiger partial charge is 0.342 e. The van der Waals surface area contributed by atoms with Crippen LogP contribution in [-0.2, 0) is 4.79 Å². The van der Waals surface area contributed by atoms with Crippen molar-refractivity contribution in [2.75, 3.05) is 19.8 Å². The Hall–Kier alpha value is -0.610. The summed E-state index contributed by atoms with van der Waals surface area (Å²) in [5, 5.41) is 10.2. The van der Waals surface area contributed by atoms with Gasteiger partial charge in [-0.2, -0.15) is 0 Å². The maximum absolute atomic E-state index is 11.3. The standard InChI is InChI=1S/C7H12N3O/c11-6-7(10-5-9-6)1-3-8-4-2-7/h10H,1-5H2,(H,9,11). The SMILES string of the molecule is O=C1NCNC12CC[N]CC2. The van der Waals surface area contributed by atoms with Crippen LogP contribution < -0.4 is 16.0 Å². The molecule has 0 aromatic rings. The van der Waals surface area contributed by atoms with Crippen molar-refractivity contribution in [3.63, 3.8) is 0 Å². The fraction of sp³-hybridized carbons (Fsp3) is 0.857. The lowest BCUT2D eigenvalue weighted by Gasteiger charge is -2.29. The molecule has 0 aromatic carbocycles. The van der Waals surface area contributed by atoms with Crippen LogP contribution in [0.5, 0.6) is 0 Å². The van der Waals surface area contributed by atoms with Crippen LogP contribution in [0.3, 0.4) is 0 Å². The summed E-state index contributed by atoms with van der Waals surface area (Å²) in [5.74, 6) is 0.160. The number of amides is 1. The molecule has 0 unspecified atom stereocenters. The Morgan fingerprint density at radius 2 is 2.09 bits per heavy atom. The Bertz CT molecular complexity index is 175. The fourth-order valence-corrected chi connectivity index (χ4v) is 1.72. The lowest BCUT2D eigenvalue weighted by atomic mass is 9.89. The normalized spacial score (nSPS) is 28.9. The lowest BCUT2D eigenvalue weighted by Crippen LogP contribution is -2.52. The molecular weight excluding hydrogens is 142 g/mol. The molecule has 0 saturated carbocycles. The number of nitrogens with zero attached hydrogens (tertiary/aromatic N) is 1. The number of carbonyl (C=O) groups excluding carboxylic acids is 1. The zero-order valence-electron chi connectivity index (χ0n) is 6.39. The molecule has 0 aliphatic carbocycles. The van der Waals surface area contributed by atoms with Crippen molar-refractivity contribution in [2.24, 2.45) is 0 Å². The van der Waals surface area contributed by atoms with Gasteiger partial charge in [-0.1, -0.05) is 0 Å². The molecule has 2 heterocycles. The van der Waals surface area contributed by atoms with Gasteiger partial charge in [0.2, 0.25) is 5.91 Å². The summed E-state index contributed by atoms with van der Waals surface area (Å²) < 4.78 is 0. The minimum atomic E-state index is -0.262. The first-order chi connectivity index (χ1) is 5.33. The van der Waals surface area contributed by atoms with Gasteiger partial charge in [-0.15, -0.1) is 0 Å².